The highest BCUT2D eigenvalue weighted by Crippen LogP contribution is 2.34. The number of methoxy groups -OCH3 is 1. The van der Waals surface area contributed by atoms with Gasteiger partial charge in [0, 0.05) is 11.5 Å². The minimum Gasteiger partial charge on any atom is -0.544 e. The van der Waals surface area contributed by atoms with Crippen LogP contribution in [0, 0.1) is 6.92 Å². The molecule has 2 aromatic rings. The van der Waals surface area contributed by atoms with Crippen molar-refractivity contribution in [1.82, 2.24) is 0 Å². The summed E-state index contributed by atoms with van der Waals surface area (Å²) in [7, 11) is 0.0215. The normalized spacial score (nSPS) is 11.7. The first-order chi connectivity index (χ1) is 9.95. The summed E-state index contributed by atoms with van der Waals surface area (Å²) in [6.45, 7) is 8.93. The van der Waals surface area contributed by atoms with E-state index in [0.717, 1.165) is 11.5 Å². The Morgan fingerprint density at radius 3 is 2.52 bits per heavy atom. The van der Waals surface area contributed by atoms with Crippen LogP contribution in [0.15, 0.2) is 30.3 Å². The maximum absolute atomic E-state index is 6.46. The fraction of sp³-hybridized carbons (Fsp3) is 0.444. The zero-order valence-electron chi connectivity index (χ0n) is 13.8. The summed E-state index contributed by atoms with van der Waals surface area (Å²) in [5.74, 6) is 1.83. The molecule has 2 aromatic carbocycles. The predicted octanol–water partition coefficient (Wildman–Crippen LogP) is 5.54. The van der Waals surface area contributed by atoms with E-state index in [-0.39, 0.29) is 0 Å². The van der Waals surface area contributed by atoms with Gasteiger partial charge in [0.15, 0.2) is 0 Å². The fourth-order valence-corrected chi connectivity index (χ4v) is 4.65. The van der Waals surface area contributed by atoms with Gasteiger partial charge in [-0.2, -0.15) is 0 Å². The Morgan fingerprint density at radius 2 is 1.86 bits per heavy atom. The van der Waals surface area contributed by atoms with Crippen LogP contribution in [0.2, 0.25) is 19.1 Å². The minimum atomic E-state index is -1.69. The lowest BCUT2D eigenvalue weighted by molar-refractivity contribution is 0.413. The van der Waals surface area contributed by atoms with E-state index in [1.165, 1.54) is 35.2 Å². The van der Waals surface area contributed by atoms with Gasteiger partial charge in [-0.1, -0.05) is 43.5 Å². The third-order valence-electron chi connectivity index (χ3n) is 3.80. The standard InChI is InChI=1S/C18H26O2Si/c1-6-7-10-21(4,5)20-18-13-16(19-3)12-15-11-14(2)8-9-17(15)18/h8-9,11-13H,6-7,10H2,1-5H3. The van der Waals surface area contributed by atoms with Gasteiger partial charge in [-0.25, -0.2) is 0 Å². The second kappa shape index (κ2) is 6.52. The summed E-state index contributed by atoms with van der Waals surface area (Å²) < 4.78 is 11.9. The first kappa shape index (κ1) is 15.9. The van der Waals surface area contributed by atoms with E-state index in [0.29, 0.717) is 0 Å². The van der Waals surface area contributed by atoms with Gasteiger partial charge in [0.1, 0.15) is 11.5 Å². The highest BCUT2D eigenvalue weighted by molar-refractivity contribution is 6.71. The van der Waals surface area contributed by atoms with E-state index >= 15 is 0 Å². The summed E-state index contributed by atoms with van der Waals surface area (Å²) in [6.07, 6.45) is 2.46. The second-order valence-corrected chi connectivity index (χ2v) is 10.5. The number of rotatable bonds is 6. The second-order valence-electron chi connectivity index (χ2n) is 6.32. The molecule has 0 heterocycles. The van der Waals surface area contributed by atoms with E-state index in [1.54, 1.807) is 7.11 Å². The molecule has 0 amide bonds. The molecule has 0 atom stereocenters. The summed E-state index contributed by atoms with van der Waals surface area (Å²) >= 11 is 0. The molecule has 0 saturated carbocycles. The van der Waals surface area contributed by atoms with Crippen molar-refractivity contribution in [3.8, 4) is 11.5 Å². The average molecular weight is 302 g/mol. The molecular formula is C18H26O2Si. The third kappa shape index (κ3) is 4.00. The van der Waals surface area contributed by atoms with Crippen LogP contribution in [-0.2, 0) is 0 Å². The van der Waals surface area contributed by atoms with Gasteiger partial charge in [-0.3, -0.25) is 0 Å². The smallest absolute Gasteiger partial charge is 0.245 e. The van der Waals surface area contributed by atoms with E-state index in [2.05, 4.69) is 51.2 Å². The molecule has 114 valence electrons. The first-order valence-electron chi connectivity index (χ1n) is 7.72. The van der Waals surface area contributed by atoms with E-state index < -0.39 is 8.32 Å². The molecule has 0 aliphatic carbocycles. The number of hydrogen-bond donors (Lipinski definition) is 0. The van der Waals surface area contributed by atoms with E-state index in [4.69, 9.17) is 9.16 Å². The summed E-state index contributed by atoms with van der Waals surface area (Å²) in [6, 6.07) is 11.8. The minimum absolute atomic E-state index is 0.864. The van der Waals surface area contributed by atoms with Crippen molar-refractivity contribution in [2.75, 3.05) is 7.11 Å². The number of unbranched alkanes of at least 4 members (excludes halogenated alkanes) is 1. The molecule has 0 aliphatic heterocycles. The number of benzene rings is 2. The van der Waals surface area contributed by atoms with Crippen LogP contribution in [0.25, 0.3) is 10.8 Å². The van der Waals surface area contributed by atoms with Crippen molar-refractivity contribution in [1.29, 1.82) is 0 Å². The average Bonchev–Trinajstić information content (AvgIpc) is 2.44. The molecule has 0 bridgehead atoms. The molecule has 0 spiro atoms. The van der Waals surface area contributed by atoms with Crippen molar-refractivity contribution in [3.05, 3.63) is 35.9 Å². The van der Waals surface area contributed by atoms with Crippen LogP contribution in [-0.4, -0.2) is 15.4 Å². The quantitative estimate of drug-likeness (QED) is 0.652. The molecule has 0 fully saturated rings. The molecule has 0 saturated heterocycles. The number of ether oxygens (including phenoxy) is 1. The van der Waals surface area contributed by atoms with Gasteiger partial charge in [0.2, 0.25) is 8.32 Å². The molecule has 0 aromatic heterocycles. The Labute approximate surface area is 129 Å². The molecule has 21 heavy (non-hydrogen) atoms. The lowest BCUT2D eigenvalue weighted by Crippen LogP contribution is -2.33. The zero-order valence-corrected chi connectivity index (χ0v) is 14.8. The van der Waals surface area contributed by atoms with Gasteiger partial charge < -0.3 is 9.16 Å². The van der Waals surface area contributed by atoms with Crippen molar-refractivity contribution < 1.29 is 9.16 Å². The zero-order chi connectivity index (χ0) is 15.5. The summed E-state index contributed by atoms with van der Waals surface area (Å²) in [5.41, 5.74) is 1.25. The summed E-state index contributed by atoms with van der Waals surface area (Å²) in [5, 5.41) is 2.36. The van der Waals surface area contributed by atoms with Gasteiger partial charge in [-0.15, -0.1) is 0 Å². The molecule has 0 unspecified atom stereocenters. The van der Waals surface area contributed by atoms with Gasteiger partial charge in [-0.05, 0) is 37.5 Å². The summed E-state index contributed by atoms with van der Waals surface area (Å²) in [4.78, 5) is 0. The van der Waals surface area contributed by atoms with Crippen molar-refractivity contribution >= 4 is 19.1 Å². The largest absolute Gasteiger partial charge is 0.544 e. The van der Waals surface area contributed by atoms with E-state index in [1.807, 2.05) is 6.07 Å². The molecular weight excluding hydrogens is 276 g/mol. The van der Waals surface area contributed by atoms with Crippen LogP contribution in [0.4, 0.5) is 0 Å². The number of hydrogen-bond acceptors (Lipinski definition) is 2. The molecule has 0 N–H and O–H groups in total. The van der Waals surface area contributed by atoms with Crippen LogP contribution >= 0.6 is 0 Å². The highest BCUT2D eigenvalue weighted by atomic mass is 28.4. The third-order valence-corrected chi connectivity index (χ3v) is 6.13. The van der Waals surface area contributed by atoms with Crippen LogP contribution in [0.5, 0.6) is 11.5 Å². The Hall–Kier alpha value is -1.48. The Balaban J connectivity index is 2.42. The monoisotopic (exact) mass is 302 g/mol. The Morgan fingerprint density at radius 1 is 1.10 bits per heavy atom. The number of aryl methyl sites for hydroxylation is 1. The molecule has 0 radical (unpaired) electrons. The first-order valence-corrected chi connectivity index (χ1v) is 10.8. The van der Waals surface area contributed by atoms with Gasteiger partial charge >= 0.3 is 0 Å². The van der Waals surface area contributed by atoms with Crippen LogP contribution in [0.3, 0.4) is 0 Å². The SMILES string of the molecule is CCCC[Si](C)(C)Oc1cc(OC)cc2cc(C)ccc12. The highest BCUT2D eigenvalue weighted by Gasteiger charge is 2.24. The van der Waals surface area contributed by atoms with Crippen molar-refractivity contribution in [2.45, 2.75) is 45.8 Å². The van der Waals surface area contributed by atoms with Crippen LogP contribution < -0.4 is 9.16 Å². The Bertz CT molecular complexity index is 620. The number of fused-ring (bicyclic) bond motifs is 1. The van der Waals surface area contributed by atoms with Crippen LogP contribution in [0.1, 0.15) is 25.3 Å². The van der Waals surface area contributed by atoms with Crippen molar-refractivity contribution in [2.24, 2.45) is 0 Å². The lowest BCUT2D eigenvalue weighted by atomic mass is 10.1. The van der Waals surface area contributed by atoms with Gasteiger partial charge in [0.05, 0.1) is 7.11 Å². The maximum Gasteiger partial charge on any atom is 0.245 e. The van der Waals surface area contributed by atoms with Gasteiger partial charge in [0.25, 0.3) is 0 Å². The fourth-order valence-electron chi connectivity index (χ4n) is 2.58. The molecule has 0 aliphatic rings. The Kier molecular flexibility index (Phi) is 4.94. The topological polar surface area (TPSA) is 18.5 Å². The van der Waals surface area contributed by atoms with E-state index in [9.17, 15) is 0 Å². The lowest BCUT2D eigenvalue weighted by Gasteiger charge is -2.25. The molecule has 3 heteroatoms. The maximum atomic E-state index is 6.46. The molecule has 2 rings (SSSR count). The van der Waals surface area contributed by atoms with Crippen molar-refractivity contribution in [3.63, 3.8) is 0 Å². The predicted molar refractivity (Wildman–Crippen MR) is 93.1 cm³/mol. The molecule has 2 nitrogen and oxygen atoms in total.